The number of sulfone groups is 1. The monoisotopic (exact) mass is 314 g/mol. The highest BCUT2D eigenvalue weighted by Crippen LogP contribution is 2.16. The van der Waals surface area contributed by atoms with Crippen LogP contribution in [0.4, 0.5) is 4.39 Å². The van der Waals surface area contributed by atoms with Crippen LogP contribution in [0.3, 0.4) is 0 Å². The summed E-state index contributed by atoms with van der Waals surface area (Å²) >= 11 is 0. The number of benzene rings is 1. The molecule has 1 unspecified atom stereocenters. The van der Waals surface area contributed by atoms with E-state index in [1.165, 1.54) is 12.1 Å². The van der Waals surface area contributed by atoms with E-state index in [2.05, 4.69) is 5.32 Å². The lowest BCUT2D eigenvalue weighted by molar-refractivity contribution is -0.134. The second-order valence-electron chi connectivity index (χ2n) is 5.21. The zero-order chi connectivity index (χ0) is 15.5. The van der Waals surface area contributed by atoms with Crippen molar-refractivity contribution in [1.82, 2.24) is 10.2 Å². The Morgan fingerprint density at radius 2 is 1.86 bits per heavy atom. The van der Waals surface area contributed by atoms with Crippen LogP contribution in [0.5, 0.6) is 0 Å². The Morgan fingerprint density at radius 3 is 2.43 bits per heavy atom. The lowest BCUT2D eigenvalue weighted by Gasteiger charge is -2.29. The molecule has 1 aliphatic heterocycles. The van der Waals surface area contributed by atoms with Crippen molar-refractivity contribution in [3.8, 4) is 0 Å². The average Bonchev–Trinajstić information content (AvgIpc) is 2.47. The number of piperazine rings is 1. The highest BCUT2D eigenvalue weighted by molar-refractivity contribution is 7.91. The van der Waals surface area contributed by atoms with E-state index in [9.17, 15) is 17.6 Å². The first-order chi connectivity index (χ1) is 9.90. The topological polar surface area (TPSA) is 66.5 Å². The van der Waals surface area contributed by atoms with Crippen LogP contribution in [0.25, 0.3) is 0 Å². The van der Waals surface area contributed by atoms with Crippen LogP contribution < -0.4 is 5.32 Å². The predicted octanol–water partition coefficient (Wildman–Crippen LogP) is 0.667. The molecule has 7 heteroatoms. The fourth-order valence-corrected chi connectivity index (χ4v) is 3.88. The fourth-order valence-electron chi connectivity index (χ4n) is 2.34. The largest absolute Gasteiger partial charge is 0.340 e. The standard InChI is InChI=1S/C14H19FN2O3S/c1-11(14(18)17-8-6-16-7-9-17)10-21(19,20)13-4-2-12(15)3-5-13/h2-5,11,16H,6-10H2,1H3. The molecule has 0 aliphatic carbocycles. The molecule has 1 atom stereocenters. The number of nitrogens with one attached hydrogen (secondary N) is 1. The molecule has 1 aromatic carbocycles. The van der Waals surface area contributed by atoms with Gasteiger partial charge in [0.05, 0.1) is 10.6 Å². The maximum absolute atomic E-state index is 12.8. The zero-order valence-electron chi connectivity index (χ0n) is 11.9. The van der Waals surface area contributed by atoms with Gasteiger partial charge in [0.15, 0.2) is 9.84 Å². The number of carbonyl (C=O) groups is 1. The van der Waals surface area contributed by atoms with Crippen molar-refractivity contribution in [2.45, 2.75) is 11.8 Å². The van der Waals surface area contributed by atoms with Crippen molar-refractivity contribution < 1.29 is 17.6 Å². The lowest BCUT2D eigenvalue weighted by atomic mass is 10.2. The van der Waals surface area contributed by atoms with Gasteiger partial charge in [-0.2, -0.15) is 0 Å². The fraction of sp³-hybridized carbons (Fsp3) is 0.500. The number of carbonyl (C=O) groups excluding carboxylic acids is 1. The molecule has 1 aromatic rings. The van der Waals surface area contributed by atoms with Gasteiger partial charge < -0.3 is 10.2 Å². The van der Waals surface area contributed by atoms with Crippen LogP contribution in [0.2, 0.25) is 0 Å². The summed E-state index contributed by atoms with van der Waals surface area (Å²) in [5.74, 6) is -1.51. The Morgan fingerprint density at radius 1 is 1.29 bits per heavy atom. The second-order valence-corrected chi connectivity index (χ2v) is 7.25. The highest BCUT2D eigenvalue weighted by Gasteiger charge is 2.27. The molecular weight excluding hydrogens is 295 g/mol. The van der Waals surface area contributed by atoms with E-state index in [0.717, 1.165) is 25.2 Å². The van der Waals surface area contributed by atoms with Gasteiger partial charge in [0.1, 0.15) is 5.82 Å². The molecule has 0 radical (unpaired) electrons. The lowest BCUT2D eigenvalue weighted by Crippen LogP contribution is -2.48. The molecule has 1 amide bonds. The Bertz CT molecular complexity index is 595. The predicted molar refractivity (Wildman–Crippen MR) is 77.1 cm³/mol. The van der Waals surface area contributed by atoms with E-state index in [4.69, 9.17) is 0 Å². The van der Waals surface area contributed by atoms with Gasteiger partial charge in [-0.25, -0.2) is 12.8 Å². The number of rotatable bonds is 4. The Hall–Kier alpha value is -1.47. The normalized spacial score (nSPS) is 17.5. The summed E-state index contributed by atoms with van der Waals surface area (Å²) < 4.78 is 37.3. The molecule has 2 rings (SSSR count). The minimum absolute atomic E-state index is 0.0452. The molecule has 5 nitrogen and oxygen atoms in total. The zero-order valence-corrected chi connectivity index (χ0v) is 12.7. The summed E-state index contributed by atoms with van der Waals surface area (Å²) in [6.07, 6.45) is 0. The molecule has 1 saturated heterocycles. The van der Waals surface area contributed by atoms with Crippen molar-refractivity contribution in [2.75, 3.05) is 31.9 Å². The smallest absolute Gasteiger partial charge is 0.226 e. The summed E-state index contributed by atoms with van der Waals surface area (Å²) in [4.78, 5) is 14.0. The SMILES string of the molecule is CC(CS(=O)(=O)c1ccc(F)cc1)C(=O)N1CCNCC1. The van der Waals surface area contributed by atoms with Gasteiger partial charge in [0, 0.05) is 32.1 Å². The number of hydrogen-bond donors (Lipinski definition) is 1. The first kappa shape index (κ1) is 15.9. The third kappa shape index (κ3) is 4.01. The summed E-state index contributed by atoms with van der Waals surface area (Å²) in [6, 6.07) is 4.67. The Balaban J connectivity index is 2.05. The van der Waals surface area contributed by atoms with Crippen molar-refractivity contribution in [3.63, 3.8) is 0 Å². The summed E-state index contributed by atoms with van der Waals surface area (Å²) in [7, 11) is -3.59. The molecular formula is C14H19FN2O3S. The second kappa shape index (κ2) is 6.53. The van der Waals surface area contributed by atoms with Gasteiger partial charge in [-0.3, -0.25) is 4.79 Å². The molecule has 21 heavy (non-hydrogen) atoms. The van der Waals surface area contributed by atoms with Crippen molar-refractivity contribution in [3.05, 3.63) is 30.1 Å². The van der Waals surface area contributed by atoms with E-state index in [1.54, 1.807) is 11.8 Å². The van der Waals surface area contributed by atoms with Crippen LogP contribution in [0.15, 0.2) is 29.2 Å². The van der Waals surface area contributed by atoms with Gasteiger partial charge in [-0.15, -0.1) is 0 Å². The Labute approximate surface area is 124 Å². The van der Waals surface area contributed by atoms with Crippen molar-refractivity contribution in [1.29, 1.82) is 0 Å². The maximum Gasteiger partial charge on any atom is 0.226 e. The summed E-state index contributed by atoms with van der Waals surface area (Å²) in [5, 5.41) is 3.14. The number of nitrogens with zero attached hydrogens (tertiary/aromatic N) is 1. The van der Waals surface area contributed by atoms with Crippen LogP contribution >= 0.6 is 0 Å². The average molecular weight is 314 g/mol. The quantitative estimate of drug-likeness (QED) is 0.830. The van der Waals surface area contributed by atoms with Crippen molar-refractivity contribution >= 4 is 15.7 Å². The minimum Gasteiger partial charge on any atom is -0.340 e. The van der Waals surface area contributed by atoms with Crippen LogP contribution in [0.1, 0.15) is 6.92 Å². The van der Waals surface area contributed by atoms with E-state index >= 15 is 0 Å². The van der Waals surface area contributed by atoms with Crippen LogP contribution in [0, 0.1) is 11.7 Å². The molecule has 1 heterocycles. The third-order valence-corrected chi connectivity index (χ3v) is 5.42. The molecule has 116 valence electrons. The third-order valence-electron chi connectivity index (χ3n) is 3.49. The molecule has 0 spiro atoms. The van der Waals surface area contributed by atoms with Gasteiger partial charge in [-0.05, 0) is 24.3 Å². The molecule has 0 bridgehead atoms. The van der Waals surface area contributed by atoms with E-state index in [0.29, 0.717) is 13.1 Å². The number of halogens is 1. The molecule has 1 fully saturated rings. The highest BCUT2D eigenvalue weighted by atomic mass is 32.2. The van der Waals surface area contributed by atoms with E-state index in [-0.39, 0.29) is 16.6 Å². The van der Waals surface area contributed by atoms with Crippen LogP contribution in [-0.4, -0.2) is 51.2 Å². The van der Waals surface area contributed by atoms with Gasteiger partial charge in [0.25, 0.3) is 0 Å². The summed E-state index contributed by atoms with van der Waals surface area (Å²) in [6.45, 7) is 4.26. The molecule has 1 N–H and O–H groups in total. The molecule has 0 aromatic heterocycles. The van der Waals surface area contributed by atoms with Crippen molar-refractivity contribution in [2.24, 2.45) is 5.92 Å². The maximum atomic E-state index is 12.8. The number of hydrogen-bond acceptors (Lipinski definition) is 4. The number of amides is 1. The Kier molecular flexibility index (Phi) is 4.95. The first-order valence-electron chi connectivity index (χ1n) is 6.88. The molecule has 1 aliphatic rings. The van der Waals surface area contributed by atoms with Gasteiger partial charge in [0.2, 0.25) is 5.91 Å². The first-order valence-corrected chi connectivity index (χ1v) is 8.53. The van der Waals surface area contributed by atoms with Gasteiger partial charge in [-0.1, -0.05) is 6.92 Å². The van der Waals surface area contributed by atoms with E-state index < -0.39 is 21.6 Å². The summed E-state index contributed by atoms with van der Waals surface area (Å²) in [5.41, 5.74) is 0. The minimum atomic E-state index is -3.59. The van der Waals surface area contributed by atoms with Crippen LogP contribution in [-0.2, 0) is 14.6 Å². The van der Waals surface area contributed by atoms with E-state index in [1.807, 2.05) is 0 Å². The van der Waals surface area contributed by atoms with Gasteiger partial charge >= 0.3 is 0 Å². The molecule has 0 saturated carbocycles.